The number of amides is 1. The van der Waals surface area contributed by atoms with Crippen LogP contribution in [0, 0.1) is 0 Å². The first kappa shape index (κ1) is 21.4. The number of benzene rings is 2. The second kappa shape index (κ2) is 9.54. The van der Waals surface area contributed by atoms with Crippen LogP contribution in [0.25, 0.3) is 0 Å². The van der Waals surface area contributed by atoms with E-state index < -0.39 is 0 Å². The van der Waals surface area contributed by atoms with Crippen molar-refractivity contribution in [1.29, 1.82) is 0 Å². The second-order valence-electron chi connectivity index (χ2n) is 7.82. The highest BCUT2D eigenvalue weighted by molar-refractivity contribution is 7.07. The zero-order valence-electron chi connectivity index (χ0n) is 18.2. The van der Waals surface area contributed by atoms with E-state index in [4.69, 9.17) is 9.47 Å². The molecule has 0 N–H and O–H groups in total. The summed E-state index contributed by atoms with van der Waals surface area (Å²) in [6.07, 6.45) is 0.862. The number of thiophene rings is 1. The lowest BCUT2D eigenvalue weighted by molar-refractivity contribution is -0.132. The molecule has 5 nitrogen and oxygen atoms in total. The van der Waals surface area contributed by atoms with Crippen LogP contribution < -0.4 is 9.47 Å². The van der Waals surface area contributed by atoms with Gasteiger partial charge in [0.15, 0.2) is 11.5 Å². The fourth-order valence-corrected chi connectivity index (χ4v) is 4.89. The summed E-state index contributed by atoms with van der Waals surface area (Å²) in [5.41, 5.74) is 4.75. The van der Waals surface area contributed by atoms with Gasteiger partial charge in [-0.15, -0.1) is 0 Å². The Balaban J connectivity index is 1.64. The van der Waals surface area contributed by atoms with E-state index >= 15 is 0 Å². The van der Waals surface area contributed by atoms with E-state index in [-0.39, 0.29) is 11.9 Å². The molecule has 0 saturated heterocycles. The van der Waals surface area contributed by atoms with Crippen molar-refractivity contribution in [2.24, 2.45) is 0 Å². The highest BCUT2D eigenvalue weighted by Crippen LogP contribution is 2.40. The molecule has 1 aliphatic heterocycles. The molecule has 2 heterocycles. The number of ether oxygens (including phenoxy) is 2. The number of rotatable bonds is 7. The van der Waals surface area contributed by atoms with Gasteiger partial charge in [-0.05, 0) is 57.6 Å². The van der Waals surface area contributed by atoms with Gasteiger partial charge in [0.2, 0.25) is 5.91 Å². The minimum atomic E-state index is -0.0109. The number of nitrogens with zero attached hydrogens (tertiary/aromatic N) is 2. The van der Waals surface area contributed by atoms with Crippen LogP contribution in [-0.2, 0) is 17.8 Å². The summed E-state index contributed by atoms with van der Waals surface area (Å²) in [5.74, 6) is 1.58. The molecule has 0 radical (unpaired) electrons. The molecule has 3 aromatic rings. The van der Waals surface area contributed by atoms with Crippen LogP contribution in [0.1, 0.15) is 28.3 Å². The molecule has 1 aromatic heterocycles. The van der Waals surface area contributed by atoms with Crippen LogP contribution in [0.15, 0.2) is 59.3 Å². The first-order chi connectivity index (χ1) is 15.1. The molecule has 4 rings (SSSR count). The van der Waals surface area contributed by atoms with Crippen molar-refractivity contribution in [3.05, 3.63) is 81.5 Å². The molecule has 0 fully saturated rings. The molecule has 162 valence electrons. The average molecular weight is 437 g/mol. The Bertz CT molecular complexity index is 1020. The normalized spacial score (nSPS) is 15.9. The van der Waals surface area contributed by atoms with Gasteiger partial charge in [0.05, 0.1) is 26.8 Å². The van der Waals surface area contributed by atoms with Crippen LogP contribution in [0.5, 0.6) is 11.5 Å². The van der Waals surface area contributed by atoms with Crippen LogP contribution in [0.4, 0.5) is 0 Å². The topological polar surface area (TPSA) is 42.0 Å². The SMILES string of the molecule is COc1cc2c(cc1OC)C(c1ccccc1)N(CC(=O)N(C)Cc1ccsc1)CC2. The van der Waals surface area contributed by atoms with Crippen LogP contribution in [0.2, 0.25) is 0 Å². The van der Waals surface area contributed by atoms with Crippen molar-refractivity contribution in [3.63, 3.8) is 0 Å². The van der Waals surface area contributed by atoms with Crippen molar-refractivity contribution in [2.75, 3.05) is 34.4 Å². The minimum absolute atomic E-state index is 0.0109. The lowest BCUT2D eigenvalue weighted by Gasteiger charge is -2.38. The zero-order chi connectivity index (χ0) is 21.8. The first-order valence-corrected chi connectivity index (χ1v) is 11.3. The third kappa shape index (κ3) is 4.60. The quantitative estimate of drug-likeness (QED) is 0.552. The van der Waals surface area contributed by atoms with Crippen molar-refractivity contribution < 1.29 is 14.3 Å². The Morgan fingerprint density at radius 3 is 2.55 bits per heavy atom. The number of hydrogen-bond donors (Lipinski definition) is 0. The minimum Gasteiger partial charge on any atom is -0.493 e. The maximum Gasteiger partial charge on any atom is 0.236 e. The van der Waals surface area contributed by atoms with Crippen molar-refractivity contribution >= 4 is 17.2 Å². The molecule has 1 unspecified atom stereocenters. The monoisotopic (exact) mass is 436 g/mol. The highest BCUT2D eigenvalue weighted by Gasteiger charge is 2.32. The van der Waals surface area contributed by atoms with E-state index in [1.54, 1.807) is 25.6 Å². The first-order valence-electron chi connectivity index (χ1n) is 10.4. The summed E-state index contributed by atoms with van der Waals surface area (Å²) in [6.45, 7) is 1.81. The van der Waals surface area contributed by atoms with E-state index in [1.807, 2.05) is 35.5 Å². The maximum absolute atomic E-state index is 13.1. The molecular formula is C25H28N2O3S. The van der Waals surface area contributed by atoms with Gasteiger partial charge in [0.25, 0.3) is 0 Å². The predicted molar refractivity (Wildman–Crippen MR) is 124 cm³/mol. The predicted octanol–water partition coefficient (Wildman–Crippen LogP) is 4.37. The van der Waals surface area contributed by atoms with Crippen molar-refractivity contribution in [2.45, 2.75) is 19.0 Å². The summed E-state index contributed by atoms with van der Waals surface area (Å²) >= 11 is 1.65. The van der Waals surface area contributed by atoms with Gasteiger partial charge in [-0.2, -0.15) is 11.3 Å². The lowest BCUT2D eigenvalue weighted by atomic mass is 9.87. The fraction of sp³-hybridized carbons (Fsp3) is 0.320. The molecule has 1 amide bonds. The number of carbonyl (C=O) groups is 1. The summed E-state index contributed by atoms with van der Waals surface area (Å²) in [5, 5.41) is 4.13. The van der Waals surface area contributed by atoms with Crippen molar-refractivity contribution in [1.82, 2.24) is 9.80 Å². The van der Waals surface area contributed by atoms with E-state index in [1.165, 1.54) is 22.3 Å². The van der Waals surface area contributed by atoms with E-state index in [0.29, 0.717) is 18.8 Å². The Labute approximate surface area is 187 Å². The number of methoxy groups -OCH3 is 2. The molecular weight excluding hydrogens is 408 g/mol. The molecule has 0 bridgehead atoms. The molecule has 31 heavy (non-hydrogen) atoms. The smallest absolute Gasteiger partial charge is 0.236 e. The van der Waals surface area contributed by atoms with Crippen LogP contribution >= 0.6 is 11.3 Å². The standard InChI is InChI=1S/C25H28N2O3S/c1-26(15-18-10-12-31-17-18)24(28)16-27-11-9-20-13-22(29-2)23(30-3)14-21(20)25(27)19-7-5-4-6-8-19/h4-8,10,12-14,17,25H,9,11,15-16H2,1-3H3. The molecule has 1 aliphatic rings. The third-order valence-electron chi connectivity index (χ3n) is 5.85. The largest absolute Gasteiger partial charge is 0.493 e. The van der Waals surface area contributed by atoms with Crippen molar-refractivity contribution in [3.8, 4) is 11.5 Å². The average Bonchev–Trinajstić information content (AvgIpc) is 3.31. The van der Waals surface area contributed by atoms with Gasteiger partial charge in [0, 0.05) is 20.1 Å². The van der Waals surface area contributed by atoms with E-state index in [0.717, 1.165) is 18.7 Å². The number of carbonyl (C=O) groups excluding carboxylic acids is 1. The molecule has 1 atom stereocenters. The number of hydrogen-bond acceptors (Lipinski definition) is 5. The molecule has 0 spiro atoms. The number of likely N-dealkylation sites (N-methyl/N-ethyl adjacent to an activating group) is 1. The summed E-state index contributed by atoms with van der Waals surface area (Å²) < 4.78 is 11.1. The van der Waals surface area contributed by atoms with E-state index in [2.05, 4.69) is 40.6 Å². The zero-order valence-corrected chi connectivity index (χ0v) is 19.0. The second-order valence-corrected chi connectivity index (χ2v) is 8.60. The summed E-state index contributed by atoms with van der Waals surface area (Å²) in [6, 6.07) is 16.6. The highest BCUT2D eigenvalue weighted by atomic mass is 32.1. The molecule has 0 saturated carbocycles. The Morgan fingerprint density at radius 2 is 1.87 bits per heavy atom. The van der Waals surface area contributed by atoms with Crippen LogP contribution in [-0.4, -0.2) is 50.1 Å². The lowest BCUT2D eigenvalue weighted by Crippen LogP contribution is -2.43. The van der Waals surface area contributed by atoms with Gasteiger partial charge in [0.1, 0.15) is 0 Å². The van der Waals surface area contributed by atoms with Gasteiger partial charge in [-0.3, -0.25) is 9.69 Å². The van der Waals surface area contributed by atoms with Gasteiger partial charge < -0.3 is 14.4 Å². The Hall–Kier alpha value is -2.83. The number of fused-ring (bicyclic) bond motifs is 1. The Morgan fingerprint density at radius 1 is 1.13 bits per heavy atom. The molecule has 0 aliphatic carbocycles. The Kier molecular flexibility index (Phi) is 6.59. The third-order valence-corrected chi connectivity index (χ3v) is 6.58. The molecule has 6 heteroatoms. The maximum atomic E-state index is 13.1. The van der Waals surface area contributed by atoms with Gasteiger partial charge >= 0.3 is 0 Å². The van der Waals surface area contributed by atoms with Crippen LogP contribution in [0.3, 0.4) is 0 Å². The fourth-order valence-electron chi connectivity index (χ4n) is 4.23. The van der Waals surface area contributed by atoms with Gasteiger partial charge in [-0.25, -0.2) is 0 Å². The summed E-state index contributed by atoms with van der Waals surface area (Å²) in [4.78, 5) is 17.2. The molecule has 2 aromatic carbocycles. The van der Waals surface area contributed by atoms with Gasteiger partial charge in [-0.1, -0.05) is 30.3 Å². The summed E-state index contributed by atoms with van der Waals surface area (Å²) in [7, 11) is 5.20. The van der Waals surface area contributed by atoms with E-state index in [9.17, 15) is 4.79 Å².